The number of nitriles is 1. The lowest BCUT2D eigenvalue weighted by molar-refractivity contribution is -0.121. The van der Waals surface area contributed by atoms with E-state index in [1.165, 1.54) is 24.3 Å². The molecule has 9 heteroatoms. The van der Waals surface area contributed by atoms with Crippen LogP contribution in [0.4, 0.5) is 5.69 Å². The smallest absolute Gasteiger partial charge is 0.338 e. The van der Waals surface area contributed by atoms with Crippen LogP contribution in [0.25, 0.3) is 0 Å². The molecule has 1 aromatic heterocycles. The number of aryl methyl sites for hydroxylation is 3. The number of esters is 1. The summed E-state index contributed by atoms with van der Waals surface area (Å²) in [5.74, 6) is -1.81. The molecule has 0 aliphatic carbocycles. The van der Waals surface area contributed by atoms with Crippen LogP contribution in [-0.2, 0) is 14.3 Å². The summed E-state index contributed by atoms with van der Waals surface area (Å²) in [6, 6.07) is 16.7. The molecule has 0 bridgehead atoms. The summed E-state index contributed by atoms with van der Waals surface area (Å²) < 4.78 is 5.13. The molecule has 0 saturated carbocycles. The number of ketones is 1. The highest BCUT2D eigenvalue weighted by molar-refractivity contribution is 8.00. The molecule has 1 unspecified atom stereocenters. The Morgan fingerprint density at radius 3 is 2.35 bits per heavy atom. The van der Waals surface area contributed by atoms with E-state index in [-0.39, 0.29) is 23.7 Å². The first-order valence-electron chi connectivity index (χ1n) is 11.5. The summed E-state index contributed by atoms with van der Waals surface area (Å²) in [4.78, 5) is 55.9. The lowest BCUT2D eigenvalue weighted by Crippen LogP contribution is -2.31. The summed E-state index contributed by atoms with van der Waals surface area (Å²) in [6.45, 7) is 5.11. The van der Waals surface area contributed by atoms with Gasteiger partial charge in [-0.25, -0.2) is 14.7 Å². The van der Waals surface area contributed by atoms with Crippen LogP contribution in [0.5, 0.6) is 0 Å². The molecular weight excluding hydrogens is 490 g/mol. The zero-order valence-electron chi connectivity index (χ0n) is 20.5. The van der Waals surface area contributed by atoms with Crippen molar-refractivity contribution in [2.75, 3.05) is 11.5 Å². The Balaban J connectivity index is 1.42. The Kier molecular flexibility index (Phi) is 7.50. The van der Waals surface area contributed by atoms with Crippen LogP contribution in [-0.4, -0.2) is 40.4 Å². The molecule has 0 radical (unpaired) electrons. The Hall–Kier alpha value is -4.29. The number of carbonyl (C=O) groups excluding carboxylic acids is 4. The highest BCUT2D eigenvalue weighted by Gasteiger charge is 2.41. The van der Waals surface area contributed by atoms with E-state index in [1.807, 2.05) is 6.92 Å². The maximum atomic E-state index is 13.1. The monoisotopic (exact) mass is 513 g/mol. The quantitative estimate of drug-likeness (QED) is 0.260. The van der Waals surface area contributed by atoms with E-state index >= 15 is 0 Å². The van der Waals surface area contributed by atoms with Crippen LogP contribution >= 0.6 is 11.8 Å². The number of ether oxygens (including phenoxy) is 1. The number of hydrogen-bond acceptors (Lipinski definition) is 8. The fourth-order valence-corrected chi connectivity index (χ4v) is 5.13. The summed E-state index contributed by atoms with van der Waals surface area (Å²) in [5, 5.41) is 9.20. The number of aromatic nitrogens is 1. The van der Waals surface area contributed by atoms with E-state index in [0.29, 0.717) is 21.8 Å². The van der Waals surface area contributed by atoms with Crippen molar-refractivity contribution in [2.24, 2.45) is 0 Å². The van der Waals surface area contributed by atoms with Gasteiger partial charge in [0.15, 0.2) is 12.4 Å². The van der Waals surface area contributed by atoms with Gasteiger partial charge in [0, 0.05) is 17.7 Å². The molecule has 4 rings (SSSR count). The van der Waals surface area contributed by atoms with Gasteiger partial charge < -0.3 is 4.74 Å². The number of rotatable bonds is 7. The summed E-state index contributed by atoms with van der Waals surface area (Å²) in [6.07, 6.45) is -0.0338. The molecule has 3 aromatic rings. The number of Topliss-reactive ketones (excluding diaryl/α,β-unsaturated/α-hetero) is 1. The predicted molar refractivity (Wildman–Crippen MR) is 137 cm³/mol. The molecule has 2 amide bonds. The molecule has 1 atom stereocenters. The molecule has 1 aliphatic rings. The average Bonchev–Trinajstić information content (AvgIpc) is 3.15. The maximum absolute atomic E-state index is 13.1. The van der Waals surface area contributed by atoms with Gasteiger partial charge in [0.2, 0.25) is 11.8 Å². The third-order valence-corrected chi connectivity index (χ3v) is 7.02. The van der Waals surface area contributed by atoms with Crippen molar-refractivity contribution in [2.45, 2.75) is 37.5 Å². The van der Waals surface area contributed by atoms with Crippen molar-refractivity contribution in [3.8, 4) is 6.07 Å². The SMILES string of the molecule is Cc1ccc(C(=O)COC(=O)c2ccc(N3C(=O)CC(Sc4nc(C)cc(C)c4C#N)C3=O)cc2)cc1. The van der Waals surface area contributed by atoms with Gasteiger partial charge in [-0.3, -0.25) is 14.4 Å². The summed E-state index contributed by atoms with van der Waals surface area (Å²) in [5.41, 5.74) is 3.83. The van der Waals surface area contributed by atoms with Crippen molar-refractivity contribution in [3.63, 3.8) is 0 Å². The zero-order chi connectivity index (χ0) is 26.7. The normalized spacial score (nSPS) is 15.0. The minimum atomic E-state index is -0.717. The van der Waals surface area contributed by atoms with Crippen LogP contribution in [0.3, 0.4) is 0 Å². The number of thioether (sulfide) groups is 1. The number of imide groups is 1. The van der Waals surface area contributed by atoms with Crippen molar-refractivity contribution < 1.29 is 23.9 Å². The molecule has 1 aliphatic heterocycles. The Morgan fingerprint density at radius 1 is 1.05 bits per heavy atom. The Bertz CT molecular complexity index is 1440. The molecule has 1 saturated heterocycles. The number of hydrogen-bond donors (Lipinski definition) is 0. The van der Waals surface area contributed by atoms with Gasteiger partial charge >= 0.3 is 5.97 Å². The summed E-state index contributed by atoms with van der Waals surface area (Å²) >= 11 is 1.11. The van der Waals surface area contributed by atoms with Crippen LogP contribution in [0.2, 0.25) is 0 Å². The minimum Gasteiger partial charge on any atom is -0.454 e. The standard InChI is InChI=1S/C28H23N3O5S/c1-16-4-6-19(7-5-16)23(32)15-36-28(35)20-8-10-21(11-9-20)31-25(33)13-24(27(31)34)37-26-22(14-29)17(2)12-18(3)30-26/h4-12,24H,13,15H2,1-3H3. The van der Waals surface area contributed by atoms with Crippen LogP contribution < -0.4 is 4.90 Å². The van der Waals surface area contributed by atoms with Crippen LogP contribution in [0, 0.1) is 32.1 Å². The highest BCUT2D eigenvalue weighted by atomic mass is 32.2. The molecule has 0 spiro atoms. The van der Waals surface area contributed by atoms with Crippen molar-refractivity contribution in [1.29, 1.82) is 5.26 Å². The fraction of sp³-hybridized carbons (Fsp3) is 0.214. The van der Waals surface area contributed by atoms with Gasteiger partial charge in [-0.05, 0) is 56.7 Å². The second-order valence-corrected chi connectivity index (χ2v) is 9.85. The number of pyridine rings is 1. The van der Waals surface area contributed by atoms with Crippen LogP contribution in [0.15, 0.2) is 59.6 Å². The molecule has 0 N–H and O–H groups in total. The molecule has 37 heavy (non-hydrogen) atoms. The number of anilines is 1. The number of carbonyl (C=O) groups is 4. The van der Waals surface area contributed by atoms with Gasteiger partial charge in [0.1, 0.15) is 11.1 Å². The second kappa shape index (κ2) is 10.8. The number of amides is 2. The number of benzene rings is 2. The largest absolute Gasteiger partial charge is 0.454 e. The fourth-order valence-electron chi connectivity index (χ4n) is 3.91. The van der Waals surface area contributed by atoms with Crippen molar-refractivity contribution in [3.05, 3.63) is 88.1 Å². The van der Waals surface area contributed by atoms with Crippen molar-refractivity contribution >= 4 is 41.0 Å². The van der Waals surface area contributed by atoms with E-state index in [2.05, 4.69) is 11.1 Å². The van der Waals surface area contributed by atoms with Gasteiger partial charge in [-0.15, -0.1) is 0 Å². The molecule has 8 nitrogen and oxygen atoms in total. The van der Waals surface area contributed by atoms with Gasteiger partial charge in [0.25, 0.3) is 0 Å². The highest BCUT2D eigenvalue weighted by Crippen LogP contribution is 2.35. The van der Waals surface area contributed by atoms with E-state index in [0.717, 1.165) is 33.5 Å². The average molecular weight is 514 g/mol. The predicted octanol–water partition coefficient (Wildman–Crippen LogP) is 4.34. The Morgan fingerprint density at radius 2 is 1.70 bits per heavy atom. The first kappa shape index (κ1) is 25.8. The summed E-state index contributed by atoms with van der Waals surface area (Å²) in [7, 11) is 0. The second-order valence-electron chi connectivity index (χ2n) is 8.66. The van der Waals surface area contributed by atoms with Crippen LogP contribution in [0.1, 0.15) is 49.5 Å². The number of nitrogens with zero attached hydrogens (tertiary/aromatic N) is 3. The molecular formula is C28H23N3O5S. The topological polar surface area (TPSA) is 117 Å². The molecule has 1 fully saturated rings. The van der Waals surface area contributed by atoms with Crippen molar-refractivity contribution in [1.82, 2.24) is 4.98 Å². The van der Waals surface area contributed by atoms with E-state index < -0.39 is 23.7 Å². The lowest BCUT2D eigenvalue weighted by atomic mass is 10.1. The van der Waals surface area contributed by atoms with E-state index in [1.54, 1.807) is 44.2 Å². The van der Waals surface area contributed by atoms with Gasteiger partial charge in [-0.1, -0.05) is 41.6 Å². The first-order valence-corrected chi connectivity index (χ1v) is 12.3. The lowest BCUT2D eigenvalue weighted by Gasteiger charge is -2.15. The third kappa shape index (κ3) is 5.60. The van der Waals surface area contributed by atoms with E-state index in [4.69, 9.17) is 4.74 Å². The Labute approximate surface area is 218 Å². The maximum Gasteiger partial charge on any atom is 0.338 e. The van der Waals surface area contributed by atoms with E-state index in [9.17, 15) is 24.4 Å². The molecule has 2 heterocycles. The van der Waals surface area contributed by atoms with Gasteiger partial charge in [0.05, 0.1) is 22.1 Å². The first-order chi connectivity index (χ1) is 17.7. The third-order valence-electron chi connectivity index (χ3n) is 5.85. The molecule has 2 aromatic carbocycles. The molecule has 186 valence electrons. The van der Waals surface area contributed by atoms with Gasteiger partial charge in [-0.2, -0.15) is 5.26 Å². The zero-order valence-corrected chi connectivity index (χ0v) is 21.3. The minimum absolute atomic E-state index is 0.0338.